The highest BCUT2D eigenvalue weighted by Crippen LogP contribution is 2.21. The van der Waals surface area contributed by atoms with Crippen LogP contribution in [0.3, 0.4) is 0 Å². The summed E-state index contributed by atoms with van der Waals surface area (Å²) in [5.74, 6) is 0.0881. The molecule has 2 aromatic rings. The van der Waals surface area contributed by atoms with E-state index in [0.29, 0.717) is 6.42 Å². The van der Waals surface area contributed by atoms with Crippen molar-refractivity contribution in [1.82, 2.24) is 4.72 Å². The van der Waals surface area contributed by atoms with Crippen LogP contribution in [-0.2, 0) is 21.2 Å². The van der Waals surface area contributed by atoms with E-state index in [1.165, 1.54) is 25.3 Å². The zero-order chi connectivity index (χ0) is 19.2. The lowest BCUT2D eigenvalue weighted by molar-refractivity contribution is 0.0600. The normalized spacial score (nSPS) is 11.2. The number of carbonyl (C=O) groups excluding carboxylic acids is 1. The van der Waals surface area contributed by atoms with E-state index in [4.69, 9.17) is 16.3 Å². The predicted molar refractivity (Wildman–Crippen MR) is 99.3 cm³/mol. The summed E-state index contributed by atoms with van der Waals surface area (Å²) < 4.78 is 37.0. The fourth-order valence-corrected chi connectivity index (χ4v) is 3.61. The van der Waals surface area contributed by atoms with Crippen molar-refractivity contribution in [2.75, 3.05) is 20.8 Å². The Morgan fingerprint density at radius 3 is 2.42 bits per heavy atom. The molecular formula is C18H20ClNO5S. The zero-order valence-electron chi connectivity index (χ0n) is 14.5. The Bertz CT molecular complexity index is 866. The molecule has 1 N–H and O–H groups in total. The second-order valence-corrected chi connectivity index (χ2v) is 7.66. The second-order valence-electron chi connectivity index (χ2n) is 5.48. The summed E-state index contributed by atoms with van der Waals surface area (Å²) in [4.78, 5) is 11.6. The summed E-state index contributed by atoms with van der Waals surface area (Å²) in [6, 6.07) is 11.5. The molecule has 0 heterocycles. The maximum absolute atomic E-state index is 12.4. The SMILES string of the molecule is COC(=O)c1cc(S(=O)(=O)NCCCc2ccc(OC)cc2)ccc1Cl. The van der Waals surface area contributed by atoms with Crippen LogP contribution in [0.1, 0.15) is 22.3 Å². The number of benzene rings is 2. The Morgan fingerprint density at radius 2 is 1.81 bits per heavy atom. The first-order valence-electron chi connectivity index (χ1n) is 7.88. The molecule has 0 spiro atoms. The van der Waals surface area contributed by atoms with Gasteiger partial charge in [0.1, 0.15) is 5.75 Å². The summed E-state index contributed by atoms with van der Waals surface area (Å²) in [7, 11) is -0.934. The highest BCUT2D eigenvalue weighted by atomic mass is 35.5. The summed E-state index contributed by atoms with van der Waals surface area (Å²) >= 11 is 5.91. The van der Waals surface area contributed by atoms with Gasteiger partial charge in [0.15, 0.2) is 0 Å². The Morgan fingerprint density at radius 1 is 1.12 bits per heavy atom. The van der Waals surface area contributed by atoms with Gasteiger partial charge in [0.05, 0.1) is 29.7 Å². The van der Waals surface area contributed by atoms with Crippen molar-refractivity contribution in [3.05, 3.63) is 58.6 Å². The van der Waals surface area contributed by atoms with Crippen LogP contribution < -0.4 is 9.46 Å². The monoisotopic (exact) mass is 397 g/mol. The van der Waals surface area contributed by atoms with Crippen molar-refractivity contribution in [3.63, 3.8) is 0 Å². The lowest BCUT2D eigenvalue weighted by Crippen LogP contribution is -2.25. The van der Waals surface area contributed by atoms with Crippen molar-refractivity contribution in [3.8, 4) is 5.75 Å². The zero-order valence-corrected chi connectivity index (χ0v) is 16.1. The van der Waals surface area contributed by atoms with Crippen molar-refractivity contribution in [2.45, 2.75) is 17.7 Å². The maximum Gasteiger partial charge on any atom is 0.339 e. The molecule has 2 aromatic carbocycles. The lowest BCUT2D eigenvalue weighted by Gasteiger charge is -2.09. The number of aryl methyl sites for hydroxylation is 1. The van der Waals surface area contributed by atoms with Crippen LogP contribution >= 0.6 is 11.6 Å². The van der Waals surface area contributed by atoms with Crippen LogP contribution in [0.4, 0.5) is 0 Å². The van der Waals surface area contributed by atoms with Gasteiger partial charge in [-0.25, -0.2) is 17.9 Å². The fraction of sp³-hybridized carbons (Fsp3) is 0.278. The number of nitrogens with one attached hydrogen (secondary N) is 1. The average Bonchev–Trinajstić information content (AvgIpc) is 2.65. The maximum atomic E-state index is 12.4. The largest absolute Gasteiger partial charge is 0.497 e. The molecule has 0 radical (unpaired) electrons. The van der Waals surface area contributed by atoms with E-state index in [2.05, 4.69) is 9.46 Å². The summed E-state index contributed by atoms with van der Waals surface area (Å²) in [6.07, 6.45) is 1.35. The van der Waals surface area contributed by atoms with Crippen LogP contribution in [-0.4, -0.2) is 35.2 Å². The van der Waals surface area contributed by atoms with E-state index in [0.717, 1.165) is 17.7 Å². The first kappa shape index (κ1) is 20.2. The van der Waals surface area contributed by atoms with Crippen LogP contribution in [0, 0.1) is 0 Å². The van der Waals surface area contributed by atoms with Gasteiger partial charge in [0.25, 0.3) is 0 Å². The molecule has 0 bridgehead atoms. The minimum absolute atomic E-state index is 0.00951. The van der Waals surface area contributed by atoms with Crippen molar-refractivity contribution in [2.24, 2.45) is 0 Å². The van der Waals surface area contributed by atoms with Gasteiger partial charge in [-0.2, -0.15) is 0 Å². The van der Waals surface area contributed by atoms with Crippen LogP contribution in [0.5, 0.6) is 5.75 Å². The third-order valence-electron chi connectivity index (χ3n) is 3.75. The van der Waals surface area contributed by atoms with Gasteiger partial charge in [0, 0.05) is 6.54 Å². The van der Waals surface area contributed by atoms with Gasteiger partial charge in [-0.05, 0) is 48.7 Å². The molecule has 0 fully saturated rings. The fourth-order valence-electron chi connectivity index (χ4n) is 2.31. The molecule has 0 unspecified atom stereocenters. The predicted octanol–water partition coefficient (Wildman–Crippen LogP) is 3.05. The van der Waals surface area contributed by atoms with Crippen LogP contribution in [0.2, 0.25) is 5.02 Å². The molecule has 2 rings (SSSR count). The third-order valence-corrected chi connectivity index (χ3v) is 5.54. The summed E-state index contributed by atoms with van der Waals surface area (Å²) in [6.45, 7) is 0.268. The van der Waals surface area contributed by atoms with Gasteiger partial charge in [-0.3, -0.25) is 0 Å². The number of carbonyl (C=O) groups is 1. The van der Waals surface area contributed by atoms with Gasteiger partial charge < -0.3 is 9.47 Å². The molecule has 0 saturated carbocycles. The van der Waals surface area contributed by atoms with E-state index in [9.17, 15) is 13.2 Å². The minimum Gasteiger partial charge on any atom is -0.497 e. The molecule has 0 atom stereocenters. The quantitative estimate of drug-likeness (QED) is 0.547. The molecule has 0 amide bonds. The van der Waals surface area contributed by atoms with E-state index in [1.54, 1.807) is 7.11 Å². The standard InChI is InChI=1S/C18H20ClNO5S/c1-24-14-7-5-13(6-8-14)4-3-11-20-26(22,23)15-9-10-17(19)16(12-15)18(21)25-2/h5-10,12,20H,3-4,11H2,1-2H3. The Balaban J connectivity index is 1.97. The first-order chi connectivity index (χ1) is 12.4. The molecule has 6 nitrogen and oxygen atoms in total. The van der Waals surface area contributed by atoms with Gasteiger partial charge in [-0.1, -0.05) is 23.7 Å². The van der Waals surface area contributed by atoms with Crippen molar-refractivity contribution < 1.29 is 22.7 Å². The van der Waals surface area contributed by atoms with E-state index in [1.807, 2.05) is 24.3 Å². The topological polar surface area (TPSA) is 81.7 Å². The highest BCUT2D eigenvalue weighted by Gasteiger charge is 2.18. The van der Waals surface area contributed by atoms with Gasteiger partial charge in [-0.15, -0.1) is 0 Å². The molecule has 8 heteroatoms. The number of esters is 1. The smallest absolute Gasteiger partial charge is 0.339 e. The number of halogens is 1. The number of rotatable bonds is 8. The number of hydrogen-bond donors (Lipinski definition) is 1. The van der Waals surface area contributed by atoms with Crippen molar-refractivity contribution >= 4 is 27.6 Å². The number of methoxy groups -OCH3 is 2. The Kier molecular flexibility index (Phi) is 7.02. The summed E-state index contributed by atoms with van der Waals surface area (Å²) in [5.41, 5.74) is 1.10. The molecule has 26 heavy (non-hydrogen) atoms. The van der Waals surface area contributed by atoms with Gasteiger partial charge >= 0.3 is 5.97 Å². The average molecular weight is 398 g/mol. The van der Waals surface area contributed by atoms with Crippen LogP contribution in [0.15, 0.2) is 47.4 Å². The second kappa shape index (κ2) is 9.02. The first-order valence-corrected chi connectivity index (χ1v) is 9.74. The molecule has 0 aliphatic rings. The van der Waals surface area contributed by atoms with E-state index >= 15 is 0 Å². The van der Waals surface area contributed by atoms with Gasteiger partial charge in [0.2, 0.25) is 10.0 Å². The number of sulfonamides is 1. The van der Waals surface area contributed by atoms with E-state index < -0.39 is 16.0 Å². The van der Waals surface area contributed by atoms with Crippen LogP contribution in [0.25, 0.3) is 0 Å². The number of hydrogen-bond acceptors (Lipinski definition) is 5. The molecule has 0 aromatic heterocycles. The lowest BCUT2D eigenvalue weighted by atomic mass is 10.1. The Hall–Kier alpha value is -2.09. The molecule has 140 valence electrons. The molecule has 0 aliphatic carbocycles. The number of ether oxygens (including phenoxy) is 2. The minimum atomic E-state index is -3.74. The molecular weight excluding hydrogens is 378 g/mol. The van der Waals surface area contributed by atoms with Crippen molar-refractivity contribution in [1.29, 1.82) is 0 Å². The molecule has 0 saturated heterocycles. The Labute approximate surface area is 158 Å². The third kappa shape index (κ3) is 5.20. The molecule has 0 aliphatic heterocycles. The van der Waals surface area contributed by atoms with E-state index in [-0.39, 0.29) is 22.0 Å². The highest BCUT2D eigenvalue weighted by molar-refractivity contribution is 7.89. The summed E-state index contributed by atoms with van der Waals surface area (Å²) in [5, 5.41) is 0.135.